The normalized spacial score (nSPS) is 14.6. The van der Waals surface area contributed by atoms with Gasteiger partial charge in [0.15, 0.2) is 5.71 Å². The smallest absolute Gasteiger partial charge is 0.209 e. The van der Waals surface area contributed by atoms with Crippen molar-refractivity contribution in [3.8, 4) is 17.0 Å². The number of halogens is 1. The molecule has 0 amide bonds. The van der Waals surface area contributed by atoms with Crippen molar-refractivity contribution in [1.29, 1.82) is 0 Å². The van der Waals surface area contributed by atoms with E-state index in [1.54, 1.807) is 7.11 Å². The van der Waals surface area contributed by atoms with Gasteiger partial charge in [0.05, 0.1) is 18.2 Å². The van der Waals surface area contributed by atoms with Crippen LogP contribution in [0.4, 0.5) is 5.69 Å². The molecule has 0 saturated heterocycles. The van der Waals surface area contributed by atoms with Gasteiger partial charge in [-0.25, -0.2) is 0 Å². The first-order valence-electron chi connectivity index (χ1n) is 10.6. The lowest BCUT2D eigenvalue weighted by Crippen LogP contribution is -3.00. The second-order valence-corrected chi connectivity index (χ2v) is 8.65. The van der Waals surface area contributed by atoms with Crippen molar-refractivity contribution in [1.82, 2.24) is 4.98 Å². The van der Waals surface area contributed by atoms with Crippen molar-refractivity contribution < 1.29 is 33.3 Å². The molecule has 2 heterocycles. The largest absolute Gasteiger partial charge is 1.00 e. The van der Waals surface area contributed by atoms with E-state index in [4.69, 9.17) is 4.74 Å². The van der Waals surface area contributed by atoms with E-state index < -0.39 is 0 Å². The van der Waals surface area contributed by atoms with Crippen molar-refractivity contribution in [3.05, 3.63) is 90.1 Å². The van der Waals surface area contributed by atoms with Crippen LogP contribution in [0.2, 0.25) is 0 Å². The summed E-state index contributed by atoms with van der Waals surface area (Å²) >= 11 is 0. The molecule has 0 fully saturated rings. The summed E-state index contributed by atoms with van der Waals surface area (Å²) in [7, 11) is 3.86. The number of fused-ring (bicyclic) bond motifs is 2. The van der Waals surface area contributed by atoms with Crippen LogP contribution in [0.15, 0.2) is 78.9 Å². The van der Waals surface area contributed by atoms with Crippen LogP contribution in [0.3, 0.4) is 0 Å². The van der Waals surface area contributed by atoms with E-state index in [1.165, 1.54) is 27.7 Å². The van der Waals surface area contributed by atoms with E-state index in [0.717, 1.165) is 22.7 Å². The van der Waals surface area contributed by atoms with Gasteiger partial charge in [0.25, 0.3) is 0 Å². The Labute approximate surface area is 206 Å². The molecule has 0 radical (unpaired) electrons. The Bertz CT molecular complexity index is 1360. The van der Waals surface area contributed by atoms with E-state index in [9.17, 15) is 0 Å². The minimum atomic E-state index is -0.0527. The third-order valence-corrected chi connectivity index (χ3v) is 6.44. The number of rotatable bonds is 4. The Morgan fingerprint density at radius 1 is 0.875 bits per heavy atom. The zero-order chi connectivity index (χ0) is 21.6. The van der Waals surface area contributed by atoms with Crippen molar-refractivity contribution >= 4 is 28.2 Å². The zero-order valence-electron chi connectivity index (χ0n) is 18.8. The summed E-state index contributed by atoms with van der Waals surface area (Å²) in [6, 6.07) is 25.7. The zero-order valence-corrected chi connectivity index (χ0v) is 21.0. The molecule has 4 heteroatoms. The Balaban J connectivity index is 0.00000245. The Morgan fingerprint density at radius 2 is 1.59 bits per heavy atom. The molecule has 32 heavy (non-hydrogen) atoms. The van der Waals surface area contributed by atoms with Gasteiger partial charge >= 0.3 is 0 Å². The number of H-pyrrole nitrogens is 1. The number of hydrogen-bond acceptors (Lipinski definition) is 1. The number of allylic oxidation sites excluding steroid dienone is 1. The second kappa shape index (κ2) is 8.58. The van der Waals surface area contributed by atoms with E-state index in [1.807, 2.05) is 0 Å². The van der Waals surface area contributed by atoms with E-state index in [-0.39, 0.29) is 29.4 Å². The van der Waals surface area contributed by atoms with Gasteiger partial charge in [0, 0.05) is 29.5 Å². The van der Waals surface area contributed by atoms with E-state index in [0.29, 0.717) is 0 Å². The number of benzene rings is 3. The molecule has 3 aromatic carbocycles. The van der Waals surface area contributed by atoms with Crippen LogP contribution in [0.5, 0.6) is 5.75 Å². The summed E-state index contributed by atoms with van der Waals surface area (Å²) in [5.41, 5.74) is 7.00. The molecule has 0 aliphatic carbocycles. The first-order chi connectivity index (χ1) is 15.0. The minimum Gasteiger partial charge on any atom is -1.00 e. The van der Waals surface area contributed by atoms with Crippen molar-refractivity contribution in [2.24, 2.45) is 0 Å². The Hall–Kier alpha value is -2.86. The van der Waals surface area contributed by atoms with Crippen LogP contribution in [0, 0.1) is 0 Å². The van der Waals surface area contributed by atoms with Gasteiger partial charge in [-0.1, -0.05) is 54.6 Å². The quantitative estimate of drug-likeness (QED) is 0.315. The fourth-order valence-electron chi connectivity index (χ4n) is 4.72. The molecule has 1 N–H and O–H groups in total. The van der Waals surface area contributed by atoms with E-state index in [2.05, 4.69) is 115 Å². The number of methoxy groups -OCH3 is 1. The highest BCUT2D eigenvalue weighted by molar-refractivity contribution is 6.05. The van der Waals surface area contributed by atoms with Gasteiger partial charge < -0.3 is 33.7 Å². The minimum absolute atomic E-state index is 0. The van der Waals surface area contributed by atoms with E-state index >= 15 is 0 Å². The summed E-state index contributed by atoms with van der Waals surface area (Å²) in [6.45, 7) is 4.56. The maximum atomic E-state index is 5.69. The monoisotopic (exact) mass is 534 g/mol. The fourth-order valence-corrected chi connectivity index (χ4v) is 4.72. The summed E-state index contributed by atoms with van der Waals surface area (Å²) in [6.07, 6.45) is 4.33. The third-order valence-electron chi connectivity index (χ3n) is 6.44. The molecule has 1 aliphatic heterocycles. The Kier molecular flexibility index (Phi) is 5.99. The molecule has 0 unspecified atom stereocenters. The molecular weight excluding hydrogens is 507 g/mol. The van der Waals surface area contributed by atoms with Crippen LogP contribution in [-0.2, 0) is 5.41 Å². The predicted molar refractivity (Wildman–Crippen MR) is 130 cm³/mol. The lowest BCUT2D eigenvalue weighted by molar-refractivity contribution is -0.401. The SMILES string of the molecule is COc1cc(-c2ccc3ccccc3c2)[nH]c1/C=C/C1=[N+](C)c2ccccc2C1(C)C.[I-]. The Morgan fingerprint density at radius 3 is 2.34 bits per heavy atom. The van der Waals surface area contributed by atoms with Gasteiger partial charge in [-0.2, -0.15) is 4.58 Å². The molecule has 0 spiro atoms. The van der Waals surface area contributed by atoms with Crippen molar-refractivity contribution in [3.63, 3.8) is 0 Å². The number of nitrogens with one attached hydrogen (secondary N) is 1. The average Bonchev–Trinajstić information content (AvgIpc) is 3.29. The topological polar surface area (TPSA) is 28.0 Å². The predicted octanol–water partition coefficient (Wildman–Crippen LogP) is 3.57. The molecule has 0 atom stereocenters. The molecular formula is C28H27IN2O. The molecule has 4 aromatic rings. The molecule has 162 valence electrons. The van der Waals surface area contributed by atoms with Crippen LogP contribution in [0.1, 0.15) is 25.1 Å². The van der Waals surface area contributed by atoms with Crippen LogP contribution in [0.25, 0.3) is 28.1 Å². The van der Waals surface area contributed by atoms with Gasteiger partial charge in [0.1, 0.15) is 12.8 Å². The lowest BCUT2D eigenvalue weighted by Gasteiger charge is -2.15. The maximum absolute atomic E-state index is 5.69. The highest BCUT2D eigenvalue weighted by Gasteiger charge is 2.42. The highest BCUT2D eigenvalue weighted by Crippen LogP contribution is 2.39. The molecule has 1 aromatic heterocycles. The van der Waals surface area contributed by atoms with Gasteiger partial charge in [-0.3, -0.25) is 0 Å². The standard InChI is InChI=1S/C28H26N2O.HI/c1-28(2)22-11-7-8-12-25(22)30(3)27(28)16-15-23-26(31-4)18-24(29-23)21-14-13-19-9-5-6-10-20(19)17-21;/h5-18H,1-4H3;1H. The molecule has 0 saturated carbocycles. The summed E-state index contributed by atoms with van der Waals surface area (Å²) in [5, 5.41) is 2.47. The number of ether oxygens (including phenoxy) is 1. The highest BCUT2D eigenvalue weighted by atomic mass is 127. The molecule has 0 bridgehead atoms. The molecule has 3 nitrogen and oxygen atoms in total. The summed E-state index contributed by atoms with van der Waals surface area (Å²) in [4.78, 5) is 3.56. The fraction of sp³-hybridized carbons (Fsp3) is 0.179. The van der Waals surface area contributed by atoms with Crippen LogP contribution < -0.4 is 28.7 Å². The molecule has 1 aliphatic rings. The van der Waals surface area contributed by atoms with Gasteiger partial charge in [0.2, 0.25) is 5.69 Å². The first kappa shape index (κ1) is 22.3. The lowest BCUT2D eigenvalue weighted by atomic mass is 9.81. The van der Waals surface area contributed by atoms with Crippen molar-refractivity contribution in [2.75, 3.05) is 14.2 Å². The molecule has 5 rings (SSSR count). The van der Waals surface area contributed by atoms with Crippen molar-refractivity contribution in [2.45, 2.75) is 19.3 Å². The van der Waals surface area contributed by atoms with Gasteiger partial charge in [-0.15, -0.1) is 0 Å². The maximum Gasteiger partial charge on any atom is 0.209 e. The third kappa shape index (κ3) is 3.66. The summed E-state index contributed by atoms with van der Waals surface area (Å²) in [5.74, 6) is 0.843. The number of hydrogen-bond donors (Lipinski definition) is 1. The van der Waals surface area contributed by atoms with Gasteiger partial charge in [-0.05, 0) is 42.3 Å². The second-order valence-electron chi connectivity index (χ2n) is 8.65. The van der Waals surface area contributed by atoms with Crippen LogP contribution in [-0.4, -0.2) is 29.4 Å². The number of para-hydroxylation sites is 1. The first-order valence-corrected chi connectivity index (χ1v) is 10.6. The summed E-state index contributed by atoms with van der Waals surface area (Å²) < 4.78 is 7.97. The number of nitrogens with zero attached hydrogens (tertiary/aromatic N) is 1. The number of aromatic nitrogens is 1. The average molecular weight is 534 g/mol. The van der Waals surface area contributed by atoms with Crippen LogP contribution >= 0.6 is 0 Å². The number of aromatic amines is 1.